The Morgan fingerprint density at radius 1 is 1.07 bits per heavy atom. The number of halogens is 1. The average Bonchev–Trinajstić information content (AvgIpc) is 2.96. The van der Waals surface area contributed by atoms with Crippen molar-refractivity contribution in [1.82, 2.24) is 19.0 Å². The van der Waals surface area contributed by atoms with Crippen molar-refractivity contribution >= 4 is 45.1 Å². The Balaban J connectivity index is 1.66. The summed E-state index contributed by atoms with van der Waals surface area (Å²) in [7, 11) is 0. The third kappa shape index (κ3) is 4.81. The maximum atomic E-state index is 14.1. The van der Waals surface area contributed by atoms with Gasteiger partial charge in [-0.1, -0.05) is 74.5 Å². The highest BCUT2D eigenvalue weighted by Gasteiger charge is 2.31. The molecule has 0 unspecified atom stereocenters. The molecule has 1 fully saturated rings. The van der Waals surface area contributed by atoms with Crippen LogP contribution in [0.5, 0.6) is 0 Å². The lowest BCUT2D eigenvalue weighted by Gasteiger charge is -2.39. The smallest absolute Gasteiger partial charge is 0.321 e. The number of rotatable bonds is 6. The number of anilines is 1. The van der Waals surface area contributed by atoms with Gasteiger partial charge >= 0.3 is 11.1 Å². The van der Waals surface area contributed by atoms with Gasteiger partial charge in [-0.3, -0.25) is 19.0 Å². The van der Waals surface area contributed by atoms with E-state index in [-0.39, 0.29) is 24.3 Å². The van der Waals surface area contributed by atoms with E-state index in [1.165, 1.54) is 15.2 Å². The molecule has 1 amide bonds. The molecule has 6 rings (SSSR count). The molecule has 1 saturated heterocycles. The summed E-state index contributed by atoms with van der Waals surface area (Å²) in [5.41, 5.74) is 9.67. The minimum Gasteiger partial charge on any atom is -0.384 e. The van der Waals surface area contributed by atoms with Crippen LogP contribution in [0.3, 0.4) is 0 Å². The predicted octanol–water partition coefficient (Wildman–Crippen LogP) is 5.68. The fourth-order valence-electron chi connectivity index (χ4n) is 6.09. The molecule has 3 aromatic carbocycles. The predicted molar refractivity (Wildman–Crippen MR) is 173 cm³/mol. The lowest BCUT2D eigenvalue weighted by Crippen LogP contribution is -2.52. The van der Waals surface area contributed by atoms with E-state index < -0.39 is 11.1 Å². The van der Waals surface area contributed by atoms with Gasteiger partial charge < -0.3 is 15.2 Å². The molecule has 1 aliphatic heterocycles. The van der Waals surface area contributed by atoms with E-state index in [4.69, 9.17) is 17.3 Å². The van der Waals surface area contributed by atoms with Gasteiger partial charge in [0.2, 0.25) is 5.91 Å². The molecule has 0 atom stereocenters. The lowest BCUT2D eigenvalue weighted by molar-refractivity contribution is -0.132. The van der Waals surface area contributed by atoms with Crippen LogP contribution >= 0.6 is 11.6 Å². The lowest BCUT2D eigenvalue weighted by atomic mass is 9.97. The van der Waals surface area contributed by atoms with Crippen LogP contribution in [-0.4, -0.2) is 38.0 Å². The molecule has 0 saturated carbocycles. The number of nitrogen functional groups attached to an aromatic ring is 1. The Kier molecular flexibility index (Phi) is 7.18. The van der Waals surface area contributed by atoms with Crippen molar-refractivity contribution in [2.75, 3.05) is 18.8 Å². The number of hydrogen-bond acceptors (Lipinski definition) is 5. The van der Waals surface area contributed by atoms with Gasteiger partial charge in [0.1, 0.15) is 5.82 Å². The zero-order valence-corrected chi connectivity index (χ0v) is 25.1. The second kappa shape index (κ2) is 10.9. The molecule has 2 N–H and O–H groups in total. The first kappa shape index (κ1) is 28.4. The van der Waals surface area contributed by atoms with E-state index in [1.54, 1.807) is 11.0 Å². The third-order valence-corrected chi connectivity index (χ3v) is 8.55. The standard InChI is InChI=1S/C34H32ClN5O3/c1-5-30(41)38-16-21(17-38)18-39-27-15-26(35)25(31-24-11-7-6-10-22(24)13-29(36)37-31)14-28(27)40(34(43)33(39)42)32-20(4)9-8-12-23(32)19(2)3/h5-15,19,21H,1,16-18H2,2-4H3,(H2,36,37). The van der Waals surface area contributed by atoms with Gasteiger partial charge in [0.15, 0.2) is 0 Å². The Morgan fingerprint density at radius 3 is 2.53 bits per heavy atom. The monoisotopic (exact) mass is 593 g/mol. The molecule has 0 radical (unpaired) electrons. The number of carbonyl (C=O) groups is 1. The maximum Gasteiger partial charge on any atom is 0.321 e. The topological polar surface area (TPSA) is 103 Å². The molecule has 5 aromatic rings. The summed E-state index contributed by atoms with van der Waals surface area (Å²) in [6.07, 6.45) is 1.28. The van der Waals surface area contributed by atoms with E-state index in [9.17, 15) is 14.4 Å². The van der Waals surface area contributed by atoms with E-state index in [0.29, 0.717) is 51.9 Å². The van der Waals surface area contributed by atoms with Crippen LogP contribution in [0.4, 0.5) is 5.82 Å². The Bertz CT molecular complexity index is 2070. The third-order valence-electron chi connectivity index (χ3n) is 8.24. The van der Waals surface area contributed by atoms with E-state index in [1.807, 2.05) is 61.5 Å². The first-order chi connectivity index (χ1) is 20.6. The number of nitrogens with zero attached hydrogens (tertiary/aromatic N) is 4. The highest BCUT2D eigenvalue weighted by Crippen LogP contribution is 2.37. The molecular formula is C34H32ClN5O3. The largest absolute Gasteiger partial charge is 0.384 e. The molecule has 218 valence electrons. The molecule has 8 nitrogen and oxygen atoms in total. The molecule has 0 aliphatic carbocycles. The molecular weight excluding hydrogens is 562 g/mol. The fraction of sp³-hybridized carbons (Fsp3) is 0.235. The second-order valence-electron chi connectivity index (χ2n) is 11.5. The fourth-order valence-corrected chi connectivity index (χ4v) is 6.34. The van der Waals surface area contributed by atoms with Crippen molar-refractivity contribution in [3.63, 3.8) is 0 Å². The van der Waals surface area contributed by atoms with Gasteiger partial charge in [0.05, 0.1) is 27.4 Å². The van der Waals surface area contributed by atoms with Crippen molar-refractivity contribution in [3.05, 3.63) is 110 Å². The zero-order valence-electron chi connectivity index (χ0n) is 24.3. The number of benzene rings is 3. The summed E-state index contributed by atoms with van der Waals surface area (Å²) in [6, 6.07) is 19.0. The average molecular weight is 594 g/mol. The van der Waals surface area contributed by atoms with Crippen LogP contribution in [0.25, 0.3) is 38.8 Å². The number of likely N-dealkylation sites (tertiary alicyclic amines) is 1. The van der Waals surface area contributed by atoms with Gasteiger partial charge in [-0.2, -0.15) is 0 Å². The first-order valence-electron chi connectivity index (χ1n) is 14.2. The van der Waals surface area contributed by atoms with E-state index >= 15 is 0 Å². The molecule has 0 bridgehead atoms. The van der Waals surface area contributed by atoms with Crippen molar-refractivity contribution in [2.45, 2.75) is 33.2 Å². The van der Waals surface area contributed by atoms with Crippen LogP contribution in [0.2, 0.25) is 5.02 Å². The maximum absolute atomic E-state index is 14.1. The number of aromatic nitrogens is 3. The Labute approximate surface area is 253 Å². The minimum absolute atomic E-state index is 0.00252. The molecule has 3 heterocycles. The van der Waals surface area contributed by atoms with Gasteiger partial charge in [0, 0.05) is 36.5 Å². The number of para-hydroxylation sites is 1. The molecule has 43 heavy (non-hydrogen) atoms. The van der Waals surface area contributed by atoms with Crippen molar-refractivity contribution in [2.24, 2.45) is 5.92 Å². The summed E-state index contributed by atoms with van der Waals surface area (Å²) in [5.74, 6) is 0.285. The minimum atomic E-state index is -0.652. The SMILES string of the molecule is C=CC(=O)N1CC(Cn2c(=O)c(=O)n(-c3c(C)cccc3C(C)C)c3cc(-c4nc(N)cc5ccccc45)c(Cl)cc32)C1. The van der Waals surface area contributed by atoms with Crippen molar-refractivity contribution in [3.8, 4) is 16.9 Å². The number of pyridine rings is 1. The van der Waals surface area contributed by atoms with Crippen molar-refractivity contribution < 1.29 is 4.79 Å². The number of hydrogen-bond donors (Lipinski definition) is 1. The number of nitrogens with two attached hydrogens (primary N) is 1. The number of aryl methyl sites for hydroxylation is 1. The molecule has 1 aliphatic rings. The highest BCUT2D eigenvalue weighted by molar-refractivity contribution is 6.34. The summed E-state index contributed by atoms with van der Waals surface area (Å²) in [4.78, 5) is 46.3. The molecule has 2 aromatic heterocycles. The van der Waals surface area contributed by atoms with Gasteiger partial charge in [0.25, 0.3) is 0 Å². The van der Waals surface area contributed by atoms with Crippen LogP contribution < -0.4 is 16.9 Å². The number of carbonyl (C=O) groups excluding carboxylic acids is 1. The van der Waals surface area contributed by atoms with Crippen LogP contribution in [0.15, 0.2) is 82.9 Å². The van der Waals surface area contributed by atoms with Crippen molar-refractivity contribution in [1.29, 1.82) is 0 Å². The summed E-state index contributed by atoms with van der Waals surface area (Å²) in [5, 5.41) is 2.15. The number of fused-ring (bicyclic) bond motifs is 2. The summed E-state index contributed by atoms with van der Waals surface area (Å²) in [6.45, 7) is 10.8. The van der Waals surface area contributed by atoms with Crippen LogP contribution in [-0.2, 0) is 11.3 Å². The summed E-state index contributed by atoms with van der Waals surface area (Å²) < 4.78 is 3.03. The zero-order chi connectivity index (χ0) is 30.6. The van der Waals surface area contributed by atoms with Crippen LogP contribution in [0.1, 0.15) is 30.9 Å². The van der Waals surface area contributed by atoms with Gasteiger partial charge in [-0.25, -0.2) is 4.98 Å². The Hall–Kier alpha value is -4.69. The van der Waals surface area contributed by atoms with E-state index in [0.717, 1.165) is 21.9 Å². The van der Waals surface area contributed by atoms with Gasteiger partial charge in [-0.05, 0) is 53.6 Å². The molecule has 0 spiro atoms. The highest BCUT2D eigenvalue weighted by atomic mass is 35.5. The molecule has 9 heteroatoms. The van der Waals surface area contributed by atoms with E-state index in [2.05, 4.69) is 25.4 Å². The number of amides is 1. The second-order valence-corrected chi connectivity index (χ2v) is 11.9. The quantitative estimate of drug-likeness (QED) is 0.202. The summed E-state index contributed by atoms with van der Waals surface area (Å²) >= 11 is 6.99. The first-order valence-corrected chi connectivity index (χ1v) is 14.6. The Morgan fingerprint density at radius 2 is 1.81 bits per heavy atom. The van der Waals surface area contributed by atoms with Crippen LogP contribution in [0, 0.1) is 12.8 Å². The van der Waals surface area contributed by atoms with Gasteiger partial charge in [-0.15, -0.1) is 0 Å². The normalized spacial score (nSPS) is 13.6.